The molecule has 0 radical (unpaired) electrons. The molecule has 0 unspecified atom stereocenters. The van der Waals surface area contributed by atoms with Crippen LogP contribution in [-0.4, -0.2) is 63.3 Å². The Morgan fingerprint density at radius 1 is 1.17 bits per heavy atom. The normalized spacial score (nSPS) is 18.3. The van der Waals surface area contributed by atoms with Crippen LogP contribution in [0.3, 0.4) is 0 Å². The van der Waals surface area contributed by atoms with Crippen molar-refractivity contribution in [3.05, 3.63) is 36.2 Å². The highest BCUT2D eigenvalue weighted by molar-refractivity contribution is 6.03. The van der Waals surface area contributed by atoms with Crippen LogP contribution in [0.25, 0.3) is 11.0 Å². The number of likely N-dealkylation sites (tertiary alicyclic amines) is 1. The highest BCUT2D eigenvalue weighted by Crippen LogP contribution is 2.20. The predicted octanol–water partition coefficient (Wildman–Crippen LogP) is 0.00600. The van der Waals surface area contributed by atoms with E-state index in [-0.39, 0.29) is 30.1 Å². The number of benzene rings is 1. The van der Waals surface area contributed by atoms with Gasteiger partial charge in [-0.2, -0.15) is 0 Å². The van der Waals surface area contributed by atoms with Crippen LogP contribution in [0, 0.1) is 0 Å². The Morgan fingerprint density at radius 3 is 2.61 bits per heavy atom. The van der Waals surface area contributed by atoms with Gasteiger partial charge in [0.25, 0.3) is 5.91 Å². The zero-order valence-corrected chi connectivity index (χ0v) is 12.1. The first-order chi connectivity index (χ1) is 11.1. The van der Waals surface area contributed by atoms with Crippen LogP contribution < -0.4 is 5.32 Å². The van der Waals surface area contributed by atoms with Crippen molar-refractivity contribution in [1.29, 1.82) is 0 Å². The summed E-state index contributed by atoms with van der Waals surface area (Å²) in [4.78, 5) is 46.9. The fourth-order valence-corrected chi connectivity index (χ4v) is 2.81. The summed E-state index contributed by atoms with van der Waals surface area (Å²) in [6.07, 6.45) is 1.45. The molecule has 2 aliphatic heterocycles. The van der Waals surface area contributed by atoms with Gasteiger partial charge in [-0.15, -0.1) is 0 Å². The number of nitrogens with one attached hydrogen (secondary N) is 1. The maximum atomic E-state index is 12.4. The molecule has 1 N–H and O–H groups in total. The van der Waals surface area contributed by atoms with Crippen molar-refractivity contribution in [3.63, 3.8) is 0 Å². The second-order valence-electron chi connectivity index (χ2n) is 5.53. The van der Waals surface area contributed by atoms with Gasteiger partial charge in [0.15, 0.2) is 0 Å². The molecule has 0 bridgehead atoms. The zero-order valence-electron chi connectivity index (χ0n) is 12.1. The minimum atomic E-state index is -0.391. The van der Waals surface area contributed by atoms with Crippen LogP contribution >= 0.6 is 0 Å². The summed E-state index contributed by atoms with van der Waals surface area (Å²) >= 11 is 0. The van der Waals surface area contributed by atoms with E-state index in [1.54, 1.807) is 11.0 Å². The third-order valence-electron chi connectivity index (χ3n) is 4.06. The molecule has 1 aromatic heterocycles. The lowest BCUT2D eigenvalue weighted by Crippen LogP contribution is -2.62. The van der Waals surface area contributed by atoms with Gasteiger partial charge in [0.05, 0.1) is 29.8 Å². The molecule has 1 aromatic carbocycles. The summed E-state index contributed by atoms with van der Waals surface area (Å²) in [5.74, 6) is -0.496. The minimum absolute atomic E-state index is 0.0272. The number of urea groups is 1. The molecule has 2 fully saturated rings. The molecule has 4 rings (SSSR count). The van der Waals surface area contributed by atoms with E-state index < -0.39 is 6.03 Å². The number of amides is 4. The minimum Gasteiger partial charge on any atom is -0.333 e. The highest BCUT2D eigenvalue weighted by atomic mass is 16.2. The lowest BCUT2D eigenvalue weighted by atomic mass is 10.1. The van der Waals surface area contributed by atoms with E-state index in [2.05, 4.69) is 15.3 Å². The molecule has 116 valence electrons. The number of rotatable bonds is 2. The van der Waals surface area contributed by atoms with Gasteiger partial charge in [0.1, 0.15) is 5.69 Å². The fraction of sp³-hybridized carbons (Fsp3) is 0.267. The Morgan fingerprint density at radius 2 is 1.91 bits per heavy atom. The number of nitrogens with zero attached hydrogens (tertiary/aromatic N) is 4. The van der Waals surface area contributed by atoms with Crippen molar-refractivity contribution < 1.29 is 14.4 Å². The topological polar surface area (TPSA) is 95.5 Å². The van der Waals surface area contributed by atoms with Crippen molar-refractivity contribution in [2.24, 2.45) is 0 Å². The number of fused-ring (bicyclic) bond motifs is 1. The van der Waals surface area contributed by atoms with Gasteiger partial charge in [0.2, 0.25) is 5.91 Å². The van der Waals surface area contributed by atoms with E-state index in [1.165, 1.54) is 11.1 Å². The number of carbonyl (C=O) groups excluding carboxylic acids is 3. The van der Waals surface area contributed by atoms with E-state index in [4.69, 9.17) is 0 Å². The molecule has 0 spiro atoms. The number of hydrogen-bond acceptors (Lipinski definition) is 5. The third-order valence-corrected chi connectivity index (χ3v) is 4.06. The molecule has 2 saturated heterocycles. The van der Waals surface area contributed by atoms with E-state index in [9.17, 15) is 14.4 Å². The molecule has 2 aromatic rings. The highest BCUT2D eigenvalue weighted by Gasteiger charge is 2.43. The molecular formula is C15H13N5O3. The van der Waals surface area contributed by atoms with Crippen molar-refractivity contribution in [2.75, 3.05) is 19.6 Å². The van der Waals surface area contributed by atoms with Crippen LogP contribution in [0.2, 0.25) is 0 Å². The number of hydrogen-bond donors (Lipinski definition) is 1. The quantitative estimate of drug-likeness (QED) is 0.788. The van der Waals surface area contributed by atoms with Crippen LogP contribution in [0.5, 0.6) is 0 Å². The first kappa shape index (κ1) is 13.6. The van der Waals surface area contributed by atoms with Crippen molar-refractivity contribution >= 4 is 28.9 Å². The summed E-state index contributed by atoms with van der Waals surface area (Å²) in [5, 5.41) is 2.48. The average Bonchev–Trinajstić information content (AvgIpc) is 2.85. The van der Waals surface area contributed by atoms with Crippen LogP contribution in [0.4, 0.5) is 4.79 Å². The molecule has 8 nitrogen and oxygen atoms in total. The standard InChI is InChI=1S/C15H13N5O3/c21-13-6-17-15(23)20(13)9-7-19(8-9)14(22)12-5-16-10-3-1-2-4-11(10)18-12/h1-5,9H,6-8H2,(H,17,23). The Bertz CT molecular complexity index is 815. The first-order valence-electron chi connectivity index (χ1n) is 7.24. The lowest BCUT2D eigenvalue weighted by Gasteiger charge is -2.42. The number of aromatic nitrogens is 2. The summed E-state index contributed by atoms with van der Waals surface area (Å²) in [6.45, 7) is 0.679. The Hall–Kier alpha value is -3.03. The third kappa shape index (κ3) is 2.19. The molecule has 0 aliphatic carbocycles. The summed E-state index contributed by atoms with van der Waals surface area (Å²) in [7, 11) is 0. The summed E-state index contributed by atoms with van der Waals surface area (Å²) in [6, 6.07) is 6.66. The van der Waals surface area contributed by atoms with Gasteiger partial charge in [-0.1, -0.05) is 12.1 Å². The Labute approximate surface area is 131 Å². The lowest BCUT2D eigenvalue weighted by molar-refractivity contribution is -0.128. The molecule has 2 aliphatic rings. The van der Waals surface area contributed by atoms with Gasteiger partial charge >= 0.3 is 6.03 Å². The first-order valence-corrected chi connectivity index (χ1v) is 7.24. The Balaban J connectivity index is 1.48. The molecule has 8 heteroatoms. The van der Waals surface area contributed by atoms with E-state index in [0.29, 0.717) is 18.6 Å². The van der Waals surface area contributed by atoms with Crippen molar-refractivity contribution in [2.45, 2.75) is 6.04 Å². The fourth-order valence-electron chi connectivity index (χ4n) is 2.81. The molecular weight excluding hydrogens is 298 g/mol. The van der Waals surface area contributed by atoms with Gasteiger partial charge in [-0.25, -0.2) is 9.78 Å². The zero-order chi connectivity index (χ0) is 16.0. The van der Waals surface area contributed by atoms with Gasteiger partial charge in [-0.3, -0.25) is 19.5 Å². The van der Waals surface area contributed by atoms with Gasteiger partial charge in [0, 0.05) is 13.1 Å². The number of carbonyl (C=O) groups is 3. The molecule has 0 saturated carbocycles. The van der Waals surface area contributed by atoms with Gasteiger partial charge < -0.3 is 10.2 Å². The number of imide groups is 1. The van der Waals surface area contributed by atoms with Crippen molar-refractivity contribution in [1.82, 2.24) is 25.1 Å². The van der Waals surface area contributed by atoms with Crippen LogP contribution in [0.15, 0.2) is 30.5 Å². The molecule has 23 heavy (non-hydrogen) atoms. The monoisotopic (exact) mass is 311 g/mol. The largest absolute Gasteiger partial charge is 0.333 e. The van der Waals surface area contributed by atoms with E-state index in [1.807, 2.05) is 18.2 Å². The van der Waals surface area contributed by atoms with Crippen LogP contribution in [-0.2, 0) is 4.79 Å². The van der Waals surface area contributed by atoms with Gasteiger partial charge in [-0.05, 0) is 12.1 Å². The van der Waals surface area contributed by atoms with Crippen molar-refractivity contribution in [3.8, 4) is 0 Å². The van der Waals surface area contributed by atoms with Crippen LogP contribution in [0.1, 0.15) is 10.5 Å². The number of para-hydroxylation sites is 2. The SMILES string of the molecule is O=C(c1cnc2ccccc2n1)N1CC(N2C(=O)CNC2=O)C1. The smallest absolute Gasteiger partial charge is 0.324 e. The second-order valence-corrected chi connectivity index (χ2v) is 5.53. The predicted molar refractivity (Wildman–Crippen MR) is 79.5 cm³/mol. The second kappa shape index (κ2) is 5.01. The maximum absolute atomic E-state index is 12.4. The molecule has 0 atom stereocenters. The molecule has 3 heterocycles. The maximum Gasteiger partial charge on any atom is 0.324 e. The Kier molecular flexibility index (Phi) is 2.97. The summed E-state index contributed by atoms with van der Waals surface area (Å²) < 4.78 is 0. The van der Waals surface area contributed by atoms with E-state index in [0.717, 1.165) is 5.52 Å². The summed E-state index contributed by atoms with van der Waals surface area (Å²) in [5.41, 5.74) is 1.65. The van der Waals surface area contributed by atoms with E-state index >= 15 is 0 Å². The average molecular weight is 311 g/mol. The molecule has 4 amide bonds.